The maximum Gasteiger partial charge on any atom is 0.266 e. The van der Waals surface area contributed by atoms with Crippen LogP contribution in [0.25, 0.3) is 11.3 Å². The molecule has 0 spiro atoms. The summed E-state index contributed by atoms with van der Waals surface area (Å²) in [6, 6.07) is 2.18. The van der Waals surface area contributed by atoms with Gasteiger partial charge < -0.3 is 15.0 Å². The number of halogens is 5. The monoisotopic (exact) mass is 496 g/mol. The summed E-state index contributed by atoms with van der Waals surface area (Å²) in [5, 5.41) is 10.8. The third-order valence-corrected chi connectivity index (χ3v) is 7.68. The van der Waals surface area contributed by atoms with Crippen molar-refractivity contribution in [3.05, 3.63) is 41.2 Å². The van der Waals surface area contributed by atoms with Crippen LogP contribution in [0.3, 0.4) is 0 Å². The highest BCUT2D eigenvalue weighted by Gasteiger charge is 2.41. The van der Waals surface area contributed by atoms with E-state index in [2.05, 4.69) is 20.4 Å². The van der Waals surface area contributed by atoms with Crippen LogP contribution in [0.2, 0.25) is 0 Å². The topological polar surface area (TPSA) is 50.3 Å². The summed E-state index contributed by atoms with van der Waals surface area (Å²) in [7, 11) is 0. The van der Waals surface area contributed by atoms with Crippen LogP contribution in [0.1, 0.15) is 44.1 Å². The fraction of sp³-hybridized carbons (Fsp3) is 0.600. The first kappa shape index (κ1) is 24.4. The lowest BCUT2D eigenvalue weighted by molar-refractivity contribution is 0.0607. The molecule has 0 unspecified atom stereocenters. The normalized spacial score (nSPS) is 25.4. The standard InChI is InChI=1S/C25H29F5N4O/c26-17-9-19(23(28)21(27)10-17)24-20(25(29)30)11-22(32-33-24)31-18-7-15-12-34(13-16(15)8-18)4-1-14-2-5-35-6-3-14/h9-11,14-16,18,25H,1-8,12-13H2,(H,31,32)/t15-,16+,18-. The molecule has 1 saturated carbocycles. The summed E-state index contributed by atoms with van der Waals surface area (Å²) in [6.07, 6.45) is 2.31. The van der Waals surface area contributed by atoms with Crippen LogP contribution in [0.5, 0.6) is 0 Å². The van der Waals surface area contributed by atoms with Crippen LogP contribution in [0.15, 0.2) is 18.2 Å². The number of likely N-dealkylation sites (tertiary alicyclic amines) is 1. The molecule has 0 radical (unpaired) electrons. The summed E-state index contributed by atoms with van der Waals surface area (Å²) >= 11 is 0. The van der Waals surface area contributed by atoms with E-state index in [-0.39, 0.29) is 11.9 Å². The molecule has 0 bridgehead atoms. The van der Waals surface area contributed by atoms with Crippen molar-refractivity contribution in [3.63, 3.8) is 0 Å². The number of nitrogens with one attached hydrogen (secondary N) is 1. The van der Waals surface area contributed by atoms with E-state index in [1.807, 2.05) is 0 Å². The van der Waals surface area contributed by atoms with Crippen molar-refractivity contribution in [2.75, 3.05) is 38.2 Å². The minimum absolute atomic E-state index is 0.0802. The maximum absolute atomic E-state index is 14.2. The lowest BCUT2D eigenvalue weighted by atomic mass is 9.96. The lowest BCUT2D eigenvalue weighted by Gasteiger charge is -2.25. The van der Waals surface area contributed by atoms with Crippen molar-refractivity contribution < 1.29 is 26.7 Å². The first-order valence-electron chi connectivity index (χ1n) is 12.2. The smallest absolute Gasteiger partial charge is 0.266 e. The van der Waals surface area contributed by atoms with Gasteiger partial charge in [-0.3, -0.25) is 0 Å². The van der Waals surface area contributed by atoms with Crippen LogP contribution >= 0.6 is 0 Å². The SMILES string of the molecule is Fc1cc(F)c(F)c(-c2nnc(N[C@@H]3C[C@@H]4CN(CCC5CCOCC5)C[C@@H]4C3)cc2C(F)F)c1. The van der Waals surface area contributed by atoms with Gasteiger partial charge in [0, 0.05) is 49.5 Å². The number of benzene rings is 1. The maximum atomic E-state index is 14.2. The quantitative estimate of drug-likeness (QED) is 0.409. The Morgan fingerprint density at radius 3 is 2.40 bits per heavy atom. The number of hydrogen-bond acceptors (Lipinski definition) is 5. The van der Waals surface area contributed by atoms with Gasteiger partial charge in [0.25, 0.3) is 6.43 Å². The molecule has 3 heterocycles. The number of fused-ring (bicyclic) bond motifs is 1. The molecule has 0 amide bonds. The molecule has 3 atom stereocenters. The number of rotatable bonds is 7. The molecule has 2 aliphatic heterocycles. The van der Waals surface area contributed by atoms with Crippen molar-refractivity contribution in [1.82, 2.24) is 15.1 Å². The van der Waals surface area contributed by atoms with Crippen LogP contribution in [0, 0.1) is 35.2 Å². The Morgan fingerprint density at radius 1 is 1.00 bits per heavy atom. The van der Waals surface area contributed by atoms with Crippen molar-refractivity contribution in [2.45, 2.75) is 44.6 Å². The second-order valence-corrected chi connectivity index (χ2v) is 10.0. The number of nitrogens with zero attached hydrogens (tertiary/aromatic N) is 3. The van der Waals surface area contributed by atoms with Gasteiger partial charge in [0.15, 0.2) is 11.6 Å². The van der Waals surface area contributed by atoms with E-state index in [0.29, 0.717) is 24.0 Å². The highest BCUT2D eigenvalue weighted by atomic mass is 19.3. The first-order valence-corrected chi connectivity index (χ1v) is 12.2. The molecule has 3 aliphatic rings. The molecular weight excluding hydrogens is 467 g/mol. The van der Waals surface area contributed by atoms with E-state index in [0.717, 1.165) is 70.5 Å². The van der Waals surface area contributed by atoms with Gasteiger partial charge in [-0.1, -0.05) is 0 Å². The van der Waals surface area contributed by atoms with Crippen molar-refractivity contribution in [1.29, 1.82) is 0 Å². The molecule has 1 aromatic carbocycles. The summed E-state index contributed by atoms with van der Waals surface area (Å²) in [6.45, 7) is 4.94. The average Bonchev–Trinajstić information content (AvgIpc) is 3.39. The van der Waals surface area contributed by atoms with Gasteiger partial charge in [0.1, 0.15) is 17.3 Å². The summed E-state index contributed by atoms with van der Waals surface area (Å²) in [5.74, 6) is -1.98. The zero-order valence-corrected chi connectivity index (χ0v) is 19.3. The Balaban J connectivity index is 1.21. The molecule has 1 N–H and O–H groups in total. The Kier molecular flexibility index (Phi) is 7.20. The molecule has 5 rings (SSSR count). The van der Waals surface area contributed by atoms with E-state index < -0.39 is 40.7 Å². The van der Waals surface area contributed by atoms with Gasteiger partial charge in [-0.2, -0.15) is 0 Å². The van der Waals surface area contributed by atoms with Gasteiger partial charge in [-0.05, 0) is 68.5 Å². The minimum atomic E-state index is -3.01. The molecule has 1 aromatic heterocycles. The third kappa shape index (κ3) is 5.43. The van der Waals surface area contributed by atoms with Crippen molar-refractivity contribution >= 4 is 5.82 Å². The predicted octanol–water partition coefficient (Wildman–Crippen LogP) is 5.44. The van der Waals surface area contributed by atoms with Gasteiger partial charge in [0.05, 0.1) is 0 Å². The molecule has 2 aromatic rings. The molecule has 190 valence electrons. The third-order valence-electron chi connectivity index (χ3n) is 7.68. The zero-order valence-electron chi connectivity index (χ0n) is 19.3. The second-order valence-electron chi connectivity index (χ2n) is 10.0. The Morgan fingerprint density at radius 2 is 1.71 bits per heavy atom. The van der Waals surface area contributed by atoms with E-state index >= 15 is 0 Å². The zero-order chi connectivity index (χ0) is 24.5. The fourth-order valence-electron chi connectivity index (χ4n) is 5.89. The average molecular weight is 497 g/mol. The molecule has 10 heteroatoms. The minimum Gasteiger partial charge on any atom is -0.381 e. The summed E-state index contributed by atoms with van der Waals surface area (Å²) in [5.41, 5.74) is -1.86. The fourth-order valence-corrected chi connectivity index (χ4v) is 5.89. The van der Waals surface area contributed by atoms with Gasteiger partial charge in [-0.15, -0.1) is 10.2 Å². The molecule has 1 aliphatic carbocycles. The number of alkyl halides is 2. The number of anilines is 1. The largest absolute Gasteiger partial charge is 0.381 e. The number of aromatic nitrogens is 2. The summed E-state index contributed by atoms with van der Waals surface area (Å²) in [4.78, 5) is 2.54. The van der Waals surface area contributed by atoms with Crippen LogP contribution in [-0.4, -0.2) is 54.0 Å². The van der Waals surface area contributed by atoms with Crippen LogP contribution < -0.4 is 5.32 Å². The highest BCUT2D eigenvalue weighted by molar-refractivity contribution is 5.65. The molecule has 5 nitrogen and oxygen atoms in total. The number of ether oxygens (including phenoxy) is 1. The van der Waals surface area contributed by atoms with Gasteiger partial charge in [-0.25, -0.2) is 22.0 Å². The Labute approximate surface area is 201 Å². The highest BCUT2D eigenvalue weighted by Crippen LogP contribution is 2.40. The van der Waals surface area contributed by atoms with Crippen molar-refractivity contribution in [2.24, 2.45) is 17.8 Å². The Hall–Kier alpha value is -2.33. The summed E-state index contributed by atoms with van der Waals surface area (Å²) < 4.78 is 74.4. The lowest BCUT2D eigenvalue weighted by Crippen LogP contribution is -2.28. The van der Waals surface area contributed by atoms with Crippen LogP contribution in [-0.2, 0) is 4.74 Å². The van der Waals surface area contributed by atoms with Gasteiger partial charge >= 0.3 is 0 Å². The van der Waals surface area contributed by atoms with Gasteiger partial charge in [0.2, 0.25) is 0 Å². The Bertz CT molecular complexity index is 1030. The predicted molar refractivity (Wildman–Crippen MR) is 121 cm³/mol. The first-order chi connectivity index (χ1) is 16.9. The van der Waals surface area contributed by atoms with E-state index in [1.165, 1.54) is 6.42 Å². The van der Waals surface area contributed by atoms with E-state index in [1.54, 1.807) is 0 Å². The second kappa shape index (κ2) is 10.3. The van der Waals surface area contributed by atoms with E-state index in [4.69, 9.17) is 4.74 Å². The van der Waals surface area contributed by atoms with E-state index in [9.17, 15) is 22.0 Å². The van der Waals surface area contributed by atoms with Crippen LogP contribution in [0.4, 0.5) is 27.8 Å². The number of hydrogen-bond donors (Lipinski definition) is 1. The molecule has 3 fully saturated rings. The van der Waals surface area contributed by atoms with Crippen molar-refractivity contribution in [3.8, 4) is 11.3 Å². The molecular formula is C25H29F5N4O. The molecule has 2 saturated heterocycles. The molecule has 35 heavy (non-hydrogen) atoms.